The zero-order valence-corrected chi connectivity index (χ0v) is 16.3. The molecule has 2 atom stereocenters. The number of aliphatic hydroxyl groups is 1. The molecule has 3 aromatic rings. The SMILES string of the molecule is COc1ccc(C(O)CC(Nc2ccc(C)cc2)c2ccc(Cl)cc2)cc1. The third-order valence-electron chi connectivity index (χ3n) is 4.62. The lowest BCUT2D eigenvalue weighted by atomic mass is 9.96. The average Bonchev–Trinajstić information content (AvgIpc) is 2.70. The molecule has 27 heavy (non-hydrogen) atoms. The Kier molecular flexibility index (Phi) is 6.38. The topological polar surface area (TPSA) is 41.5 Å². The molecule has 0 aliphatic heterocycles. The van der Waals surface area contributed by atoms with Crippen molar-refractivity contribution in [3.63, 3.8) is 0 Å². The lowest BCUT2D eigenvalue weighted by molar-refractivity contribution is 0.160. The average molecular weight is 382 g/mol. The molecule has 0 aliphatic carbocycles. The predicted molar refractivity (Wildman–Crippen MR) is 112 cm³/mol. The van der Waals surface area contributed by atoms with Crippen molar-refractivity contribution in [1.29, 1.82) is 0 Å². The molecule has 0 radical (unpaired) electrons. The maximum Gasteiger partial charge on any atom is 0.118 e. The second-order valence-electron chi connectivity index (χ2n) is 6.64. The normalized spacial score (nSPS) is 13.0. The first kappa shape index (κ1) is 19.3. The highest BCUT2D eigenvalue weighted by Gasteiger charge is 2.18. The van der Waals surface area contributed by atoms with E-state index < -0.39 is 6.10 Å². The third kappa shape index (κ3) is 5.25. The summed E-state index contributed by atoms with van der Waals surface area (Å²) in [7, 11) is 1.63. The van der Waals surface area contributed by atoms with E-state index in [0.717, 1.165) is 22.6 Å². The van der Waals surface area contributed by atoms with Gasteiger partial charge in [0.1, 0.15) is 5.75 Å². The highest BCUT2D eigenvalue weighted by molar-refractivity contribution is 6.30. The Balaban J connectivity index is 1.81. The van der Waals surface area contributed by atoms with Gasteiger partial charge in [0.15, 0.2) is 0 Å². The van der Waals surface area contributed by atoms with Crippen LogP contribution in [0.1, 0.15) is 35.3 Å². The lowest BCUT2D eigenvalue weighted by Gasteiger charge is -2.24. The number of rotatable bonds is 7. The van der Waals surface area contributed by atoms with Crippen molar-refractivity contribution in [3.05, 3.63) is 94.5 Å². The number of benzene rings is 3. The molecule has 2 unspecified atom stereocenters. The van der Waals surface area contributed by atoms with Gasteiger partial charge in [0.05, 0.1) is 19.3 Å². The second-order valence-corrected chi connectivity index (χ2v) is 7.08. The van der Waals surface area contributed by atoms with Crippen LogP contribution in [-0.2, 0) is 0 Å². The first-order valence-electron chi connectivity index (χ1n) is 8.96. The second kappa shape index (κ2) is 8.94. The van der Waals surface area contributed by atoms with Crippen molar-refractivity contribution >= 4 is 17.3 Å². The zero-order valence-electron chi connectivity index (χ0n) is 15.5. The highest BCUT2D eigenvalue weighted by Crippen LogP contribution is 2.31. The fourth-order valence-corrected chi connectivity index (χ4v) is 3.14. The van der Waals surface area contributed by atoms with E-state index in [9.17, 15) is 5.11 Å². The van der Waals surface area contributed by atoms with Gasteiger partial charge in [-0.25, -0.2) is 0 Å². The van der Waals surface area contributed by atoms with E-state index in [4.69, 9.17) is 16.3 Å². The number of hydrogen-bond donors (Lipinski definition) is 2. The van der Waals surface area contributed by atoms with E-state index in [0.29, 0.717) is 11.4 Å². The van der Waals surface area contributed by atoms with E-state index in [1.54, 1.807) is 7.11 Å². The summed E-state index contributed by atoms with van der Waals surface area (Å²) in [6.07, 6.45) is -0.0727. The number of methoxy groups -OCH3 is 1. The van der Waals surface area contributed by atoms with Gasteiger partial charge in [0.2, 0.25) is 0 Å². The number of anilines is 1. The van der Waals surface area contributed by atoms with Crippen molar-refractivity contribution < 1.29 is 9.84 Å². The van der Waals surface area contributed by atoms with Crippen LogP contribution in [0.15, 0.2) is 72.8 Å². The van der Waals surface area contributed by atoms with Crippen LogP contribution in [0.2, 0.25) is 5.02 Å². The molecule has 140 valence electrons. The summed E-state index contributed by atoms with van der Waals surface area (Å²) in [6, 6.07) is 23.5. The van der Waals surface area contributed by atoms with Crippen LogP contribution in [0.3, 0.4) is 0 Å². The maximum absolute atomic E-state index is 10.8. The molecule has 0 fully saturated rings. The minimum atomic E-state index is -0.602. The molecule has 0 saturated carbocycles. The first-order valence-corrected chi connectivity index (χ1v) is 9.33. The van der Waals surface area contributed by atoms with Crippen LogP contribution in [-0.4, -0.2) is 12.2 Å². The molecule has 2 N–H and O–H groups in total. The number of aliphatic hydroxyl groups excluding tert-OH is 1. The van der Waals surface area contributed by atoms with E-state index in [1.165, 1.54) is 5.56 Å². The van der Waals surface area contributed by atoms with Gasteiger partial charge >= 0.3 is 0 Å². The predicted octanol–water partition coefficient (Wildman–Crippen LogP) is 5.93. The largest absolute Gasteiger partial charge is 0.497 e. The summed E-state index contributed by atoms with van der Waals surface area (Å²) >= 11 is 6.04. The fraction of sp³-hybridized carbons (Fsp3) is 0.217. The number of hydrogen-bond acceptors (Lipinski definition) is 3. The molecule has 0 saturated heterocycles. The van der Waals surface area contributed by atoms with E-state index in [2.05, 4.69) is 36.5 Å². The van der Waals surface area contributed by atoms with Gasteiger partial charge in [-0.1, -0.05) is 53.6 Å². The Morgan fingerprint density at radius 1 is 0.889 bits per heavy atom. The monoisotopic (exact) mass is 381 g/mol. The summed E-state index contributed by atoms with van der Waals surface area (Å²) in [5.74, 6) is 0.776. The van der Waals surface area contributed by atoms with Crippen molar-refractivity contribution in [3.8, 4) is 5.75 Å². The van der Waals surface area contributed by atoms with E-state index >= 15 is 0 Å². The summed E-state index contributed by atoms with van der Waals surface area (Å²) in [5.41, 5.74) is 4.16. The number of nitrogens with one attached hydrogen (secondary N) is 1. The molecule has 4 heteroatoms. The van der Waals surface area contributed by atoms with Gasteiger partial charge in [0.25, 0.3) is 0 Å². The Bertz CT molecular complexity index is 845. The van der Waals surface area contributed by atoms with Crippen LogP contribution in [0, 0.1) is 6.92 Å². The number of halogens is 1. The number of aryl methyl sites for hydroxylation is 1. The Morgan fingerprint density at radius 2 is 1.48 bits per heavy atom. The van der Waals surface area contributed by atoms with Crippen molar-refractivity contribution in [2.24, 2.45) is 0 Å². The van der Waals surface area contributed by atoms with Crippen LogP contribution < -0.4 is 10.1 Å². The smallest absolute Gasteiger partial charge is 0.118 e. The molecule has 0 amide bonds. The van der Waals surface area contributed by atoms with Gasteiger partial charge in [-0.3, -0.25) is 0 Å². The molecular weight excluding hydrogens is 358 g/mol. The van der Waals surface area contributed by atoms with Crippen LogP contribution in [0.25, 0.3) is 0 Å². The Hall–Kier alpha value is -2.49. The molecule has 3 rings (SSSR count). The molecule has 0 heterocycles. The van der Waals surface area contributed by atoms with Crippen molar-refractivity contribution in [1.82, 2.24) is 0 Å². The van der Waals surface area contributed by atoms with Gasteiger partial charge in [0, 0.05) is 17.1 Å². The Labute approximate surface area is 165 Å². The molecule has 0 bridgehead atoms. The van der Waals surface area contributed by atoms with E-state index in [1.807, 2.05) is 48.5 Å². The number of ether oxygens (including phenoxy) is 1. The standard InChI is InChI=1S/C23H24ClNO2/c1-16-3-11-20(12-4-16)25-22(17-5-9-19(24)10-6-17)15-23(26)18-7-13-21(27-2)14-8-18/h3-14,22-23,25-26H,15H2,1-2H3. The zero-order chi connectivity index (χ0) is 19.2. The fourth-order valence-electron chi connectivity index (χ4n) is 3.01. The Morgan fingerprint density at radius 3 is 2.07 bits per heavy atom. The molecule has 3 aromatic carbocycles. The first-order chi connectivity index (χ1) is 13.0. The minimum absolute atomic E-state index is 0.0536. The molecule has 0 spiro atoms. The van der Waals surface area contributed by atoms with Crippen molar-refractivity contribution in [2.75, 3.05) is 12.4 Å². The summed E-state index contributed by atoms with van der Waals surface area (Å²) in [6.45, 7) is 2.06. The highest BCUT2D eigenvalue weighted by atomic mass is 35.5. The van der Waals surface area contributed by atoms with Gasteiger partial charge in [-0.2, -0.15) is 0 Å². The van der Waals surface area contributed by atoms with E-state index in [-0.39, 0.29) is 6.04 Å². The van der Waals surface area contributed by atoms with Crippen molar-refractivity contribution in [2.45, 2.75) is 25.5 Å². The van der Waals surface area contributed by atoms with Gasteiger partial charge < -0.3 is 15.2 Å². The molecular formula is C23H24ClNO2. The van der Waals surface area contributed by atoms with Crippen LogP contribution >= 0.6 is 11.6 Å². The third-order valence-corrected chi connectivity index (χ3v) is 4.88. The van der Waals surface area contributed by atoms with Crippen LogP contribution in [0.5, 0.6) is 5.75 Å². The van der Waals surface area contributed by atoms with Gasteiger partial charge in [-0.15, -0.1) is 0 Å². The maximum atomic E-state index is 10.8. The molecule has 0 aliphatic rings. The lowest BCUT2D eigenvalue weighted by Crippen LogP contribution is -2.15. The minimum Gasteiger partial charge on any atom is -0.497 e. The molecule has 0 aromatic heterocycles. The summed E-state index contributed by atoms with van der Waals surface area (Å²) in [4.78, 5) is 0. The van der Waals surface area contributed by atoms with Gasteiger partial charge in [-0.05, 0) is 54.4 Å². The summed E-state index contributed by atoms with van der Waals surface area (Å²) < 4.78 is 5.19. The summed E-state index contributed by atoms with van der Waals surface area (Å²) in [5, 5.41) is 15.0. The van der Waals surface area contributed by atoms with Crippen LogP contribution in [0.4, 0.5) is 5.69 Å². The molecule has 3 nitrogen and oxygen atoms in total. The quantitative estimate of drug-likeness (QED) is 0.532.